The van der Waals surface area contributed by atoms with Crippen LogP contribution in [0.25, 0.3) is 0 Å². The van der Waals surface area contributed by atoms with E-state index in [-0.39, 0.29) is 5.97 Å². The lowest BCUT2D eigenvalue weighted by molar-refractivity contribution is -0.140. The van der Waals surface area contributed by atoms with Gasteiger partial charge in [0.1, 0.15) is 12.4 Å². The van der Waals surface area contributed by atoms with Gasteiger partial charge in [0, 0.05) is 17.6 Å². The molecule has 1 rings (SSSR count). The average Bonchev–Trinajstić information content (AvgIpc) is 2.14. The first-order valence-corrected chi connectivity index (χ1v) is 5.17. The molecular weight excluding hydrogens is 262 g/mol. The molecule has 0 aliphatic heterocycles. The van der Waals surface area contributed by atoms with Crippen LogP contribution >= 0.6 is 15.9 Å². The predicted octanol–water partition coefficient (Wildman–Crippen LogP) is 1.40. The summed E-state index contributed by atoms with van der Waals surface area (Å²) in [5.41, 5.74) is 6.25. The number of nitrogens with zero attached hydrogens (tertiary/aromatic N) is 1. The maximum absolute atomic E-state index is 10.5. The first-order chi connectivity index (χ1) is 7.09. The second-order valence-corrected chi connectivity index (χ2v) is 3.77. The Balaban J connectivity index is 2.40. The molecule has 0 spiro atoms. The Hall–Kier alpha value is -1.30. The number of carbonyl (C=O) groups excluding carboxylic acids is 1. The summed E-state index contributed by atoms with van der Waals surface area (Å²) in [6.45, 7) is 2.15. The van der Waals surface area contributed by atoms with Crippen LogP contribution in [0.15, 0.2) is 16.7 Å². The molecule has 0 bridgehead atoms. The van der Waals surface area contributed by atoms with E-state index in [1.807, 2.05) is 0 Å². The van der Waals surface area contributed by atoms with Crippen LogP contribution in [0.5, 0.6) is 0 Å². The van der Waals surface area contributed by atoms with E-state index in [1.165, 1.54) is 6.92 Å². The van der Waals surface area contributed by atoms with Crippen molar-refractivity contribution in [2.24, 2.45) is 0 Å². The highest BCUT2D eigenvalue weighted by atomic mass is 79.9. The zero-order chi connectivity index (χ0) is 11.3. The summed E-state index contributed by atoms with van der Waals surface area (Å²) in [5.74, 6) is 0.291. The quantitative estimate of drug-likeness (QED) is 0.641. The number of halogens is 1. The summed E-state index contributed by atoms with van der Waals surface area (Å²) in [5, 5.41) is 2.96. The van der Waals surface area contributed by atoms with Crippen molar-refractivity contribution in [1.29, 1.82) is 0 Å². The fourth-order valence-corrected chi connectivity index (χ4v) is 1.32. The summed E-state index contributed by atoms with van der Waals surface area (Å²) < 4.78 is 5.57. The van der Waals surface area contributed by atoms with Crippen LogP contribution in [0.3, 0.4) is 0 Å². The number of nitrogens with two attached hydrogens (primary N) is 1. The van der Waals surface area contributed by atoms with Gasteiger partial charge in [-0.2, -0.15) is 0 Å². The van der Waals surface area contributed by atoms with Crippen LogP contribution in [0.2, 0.25) is 0 Å². The number of nitrogen functional groups attached to an aromatic ring is 1. The molecule has 82 valence electrons. The van der Waals surface area contributed by atoms with Crippen molar-refractivity contribution < 1.29 is 9.53 Å². The Morgan fingerprint density at radius 1 is 1.73 bits per heavy atom. The van der Waals surface area contributed by atoms with E-state index >= 15 is 0 Å². The molecule has 0 fully saturated rings. The van der Waals surface area contributed by atoms with Crippen molar-refractivity contribution in [3.8, 4) is 0 Å². The number of pyridine rings is 1. The maximum Gasteiger partial charge on any atom is 0.302 e. The van der Waals surface area contributed by atoms with Crippen LogP contribution in [0.4, 0.5) is 11.5 Å². The van der Waals surface area contributed by atoms with E-state index in [0.29, 0.717) is 24.7 Å². The van der Waals surface area contributed by atoms with Crippen LogP contribution in [0, 0.1) is 0 Å². The molecule has 5 nitrogen and oxygen atoms in total. The molecular formula is C9H12BrN3O2. The predicted molar refractivity (Wildman–Crippen MR) is 61.5 cm³/mol. The van der Waals surface area contributed by atoms with Gasteiger partial charge in [-0.15, -0.1) is 0 Å². The van der Waals surface area contributed by atoms with Crippen LogP contribution in [-0.2, 0) is 9.53 Å². The summed E-state index contributed by atoms with van der Waals surface area (Å²) in [6.07, 6.45) is 1.64. The fraction of sp³-hybridized carbons (Fsp3) is 0.333. The number of rotatable bonds is 4. The summed E-state index contributed by atoms with van der Waals surface area (Å²) in [7, 11) is 0. The molecule has 0 radical (unpaired) electrons. The van der Waals surface area contributed by atoms with Gasteiger partial charge in [-0.25, -0.2) is 4.98 Å². The van der Waals surface area contributed by atoms with E-state index in [0.717, 1.165) is 4.47 Å². The van der Waals surface area contributed by atoms with Crippen LogP contribution in [-0.4, -0.2) is 24.1 Å². The average molecular weight is 274 g/mol. The third-order valence-corrected chi connectivity index (χ3v) is 2.02. The lowest BCUT2D eigenvalue weighted by atomic mass is 10.4. The van der Waals surface area contributed by atoms with Gasteiger partial charge >= 0.3 is 5.97 Å². The number of hydrogen-bond acceptors (Lipinski definition) is 5. The van der Waals surface area contributed by atoms with Gasteiger partial charge in [0.25, 0.3) is 0 Å². The van der Waals surface area contributed by atoms with Crippen LogP contribution < -0.4 is 11.1 Å². The fourth-order valence-electron chi connectivity index (χ4n) is 0.967. The van der Waals surface area contributed by atoms with Crippen molar-refractivity contribution in [1.82, 2.24) is 4.98 Å². The minimum Gasteiger partial charge on any atom is -0.464 e. The Morgan fingerprint density at radius 3 is 3.07 bits per heavy atom. The molecule has 15 heavy (non-hydrogen) atoms. The minimum atomic E-state index is -0.298. The summed E-state index contributed by atoms with van der Waals surface area (Å²) >= 11 is 3.26. The van der Waals surface area contributed by atoms with Crippen molar-refractivity contribution >= 4 is 33.4 Å². The third-order valence-electron chi connectivity index (χ3n) is 1.58. The summed E-state index contributed by atoms with van der Waals surface area (Å²) in [4.78, 5) is 14.5. The maximum atomic E-state index is 10.5. The van der Waals surface area contributed by atoms with E-state index in [2.05, 4.69) is 26.2 Å². The molecule has 0 unspecified atom stereocenters. The van der Waals surface area contributed by atoms with Crippen LogP contribution in [0.1, 0.15) is 6.92 Å². The molecule has 6 heteroatoms. The first kappa shape index (κ1) is 11.8. The number of hydrogen-bond donors (Lipinski definition) is 2. The van der Waals surface area contributed by atoms with Crippen molar-refractivity contribution in [2.45, 2.75) is 6.92 Å². The number of ether oxygens (including phenoxy) is 1. The molecule has 0 aliphatic carbocycles. The number of carbonyl (C=O) groups is 1. The molecule has 1 heterocycles. The number of nitrogens with one attached hydrogen (secondary N) is 1. The molecule has 0 atom stereocenters. The minimum absolute atomic E-state index is 0.298. The zero-order valence-electron chi connectivity index (χ0n) is 8.29. The van der Waals surface area contributed by atoms with E-state index in [4.69, 9.17) is 10.5 Å². The Labute approximate surface area is 96.1 Å². The first-order valence-electron chi connectivity index (χ1n) is 4.38. The van der Waals surface area contributed by atoms with Crippen molar-refractivity contribution in [2.75, 3.05) is 24.2 Å². The smallest absolute Gasteiger partial charge is 0.302 e. The molecule has 0 aliphatic rings. The number of anilines is 2. The molecule has 0 saturated heterocycles. The van der Waals surface area contributed by atoms with Crippen molar-refractivity contribution in [3.63, 3.8) is 0 Å². The Morgan fingerprint density at radius 2 is 2.47 bits per heavy atom. The molecule has 0 aromatic carbocycles. The standard InChI is InChI=1S/C9H12BrN3O2/c1-6(14)15-3-2-12-9-8(11)4-7(10)5-13-9/h4-5H,2-3,11H2,1H3,(H,12,13). The third kappa shape index (κ3) is 4.16. The zero-order valence-corrected chi connectivity index (χ0v) is 9.87. The van der Waals surface area contributed by atoms with Gasteiger partial charge in [0.2, 0.25) is 0 Å². The van der Waals surface area contributed by atoms with E-state index < -0.39 is 0 Å². The Kier molecular flexibility index (Phi) is 4.36. The number of aromatic nitrogens is 1. The topological polar surface area (TPSA) is 77.2 Å². The molecule has 3 N–H and O–H groups in total. The highest BCUT2D eigenvalue weighted by Gasteiger charge is 2.00. The molecule has 1 aromatic heterocycles. The monoisotopic (exact) mass is 273 g/mol. The molecule has 0 saturated carbocycles. The Bertz CT molecular complexity index is 357. The highest BCUT2D eigenvalue weighted by Crippen LogP contribution is 2.19. The van der Waals surface area contributed by atoms with E-state index in [9.17, 15) is 4.79 Å². The summed E-state index contributed by atoms with van der Waals surface area (Å²) in [6, 6.07) is 1.75. The molecule has 1 aromatic rings. The highest BCUT2D eigenvalue weighted by molar-refractivity contribution is 9.10. The van der Waals surface area contributed by atoms with Gasteiger partial charge in [-0.1, -0.05) is 0 Å². The van der Waals surface area contributed by atoms with Gasteiger partial charge in [0.15, 0.2) is 0 Å². The molecule has 0 amide bonds. The van der Waals surface area contributed by atoms with Crippen molar-refractivity contribution in [3.05, 3.63) is 16.7 Å². The second kappa shape index (κ2) is 5.55. The lowest BCUT2D eigenvalue weighted by Gasteiger charge is -2.08. The van der Waals surface area contributed by atoms with Gasteiger partial charge in [0.05, 0.1) is 12.2 Å². The van der Waals surface area contributed by atoms with Gasteiger partial charge < -0.3 is 15.8 Å². The second-order valence-electron chi connectivity index (χ2n) is 2.86. The van der Waals surface area contributed by atoms with E-state index in [1.54, 1.807) is 12.3 Å². The number of esters is 1. The SMILES string of the molecule is CC(=O)OCCNc1ncc(Br)cc1N. The van der Waals surface area contributed by atoms with Gasteiger partial charge in [-0.05, 0) is 22.0 Å². The normalized spacial score (nSPS) is 9.73. The lowest BCUT2D eigenvalue weighted by Crippen LogP contribution is -2.13. The largest absolute Gasteiger partial charge is 0.464 e. The van der Waals surface area contributed by atoms with Gasteiger partial charge in [-0.3, -0.25) is 4.79 Å².